The van der Waals surface area contributed by atoms with Crippen molar-refractivity contribution in [2.45, 2.75) is 32.1 Å². The fraction of sp³-hybridized carbons (Fsp3) is 0.135. The van der Waals surface area contributed by atoms with Crippen LogP contribution in [-0.4, -0.2) is 11.1 Å². The first kappa shape index (κ1) is 26.7. The number of carboxylic acid groups (broad SMARTS) is 1. The van der Waals surface area contributed by atoms with Gasteiger partial charge in [-0.3, -0.25) is 0 Å². The van der Waals surface area contributed by atoms with Crippen molar-refractivity contribution in [3.05, 3.63) is 131 Å². The summed E-state index contributed by atoms with van der Waals surface area (Å²) in [6.45, 7) is 4.47. The molecule has 0 radical (unpaired) electrons. The molecule has 0 aliphatic heterocycles. The van der Waals surface area contributed by atoms with Crippen LogP contribution in [0.3, 0.4) is 0 Å². The van der Waals surface area contributed by atoms with Crippen molar-refractivity contribution < 1.29 is 9.90 Å². The Kier molecular flexibility index (Phi) is 7.04. The van der Waals surface area contributed by atoms with E-state index in [1.807, 2.05) is 12.1 Å². The molecule has 0 aromatic heterocycles. The summed E-state index contributed by atoms with van der Waals surface area (Å²) in [5.74, 6) is -1.21. The molecule has 0 saturated carbocycles. The molecule has 4 heteroatoms. The largest absolute Gasteiger partial charge is 0.477 e. The molecule has 5 aromatic rings. The Labute approximate surface area is 242 Å². The van der Waals surface area contributed by atoms with Gasteiger partial charge < -0.3 is 5.11 Å². The maximum Gasteiger partial charge on any atom is 0.346 e. The number of rotatable bonds is 7. The summed E-state index contributed by atoms with van der Waals surface area (Å²) in [6, 6.07) is 41.1. The lowest BCUT2D eigenvalue weighted by Gasteiger charge is -2.31. The average molecular weight is 552 g/mol. The molecule has 1 unspecified atom stereocenters. The van der Waals surface area contributed by atoms with E-state index < -0.39 is 13.9 Å². The van der Waals surface area contributed by atoms with Gasteiger partial charge in [0.1, 0.15) is 11.6 Å². The quantitative estimate of drug-likeness (QED) is 0.128. The summed E-state index contributed by atoms with van der Waals surface area (Å²) < 4.78 is 0. The van der Waals surface area contributed by atoms with Crippen LogP contribution in [-0.2, 0) is 10.2 Å². The zero-order chi connectivity index (χ0) is 28.6. The Hall–Kier alpha value is -4.51. The van der Waals surface area contributed by atoms with Crippen molar-refractivity contribution in [1.82, 2.24) is 0 Å². The van der Waals surface area contributed by atoms with Crippen LogP contribution in [0.5, 0.6) is 0 Å². The molecule has 5 aromatic carbocycles. The van der Waals surface area contributed by atoms with Crippen LogP contribution in [0, 0.1) is 11.3 Å². The predicted molar refractivity (Wildman–Crippen MR) is 171 cm³/mol. The lowest BCUT2D eigenvalue weighted by molar-refractivity contribution is -0.132. The lowest BCUT2D eigenvalue weighted by atomic mass is 9.73. The van der Waals surface area contributed by atoms with Crippen LogP contribution in [0.15, 0.2) is 115 Å². The monoisotopic (exact) mass is 551 g/mol. The molecule has 0 saturated heterocycles. The highest BCUT2D eigenvalue weighted by atomic mass is 31.1. The second-order valence-electron chi connectivity index (χ2n) is 10.5. The zero-order valence-electron chi connectivity index (χ0n) is 23.1. The molecule has 3 nitrogen and oxygen atoms in total. The van der Waals surface area contributed by atoms with Gasteiger partial charge >= 0.3 is 5.97 Å². The minimum Gasteiger partial charge on any atom is -0.477 e. The second-order valence-corrected chi connectivity index (χ2v) is 12.7. The molecule has 0 fully saturated rings. The lowest BCUT2D eigenvalue weighted by Crippen LogP contribution is -2.26. The third-order valence-electron chi connectivity index (χ3n) is 8.50. The first-order valence-electron chi connectivity index (χ1n) is 14.0. The number of hydrogen-bond acceptors (Lipinski definition) is 2. The van der Waals surface area contributed by atoms with E-state index in [1.54, 1.807) is 0 Å². The molecule has 200 valence electrons. The fourth-order valence-electron chi connectivity index (χ4n) is 6.39. The number of nitriles is 1. The van der Waals surface area contributed by atoms with E-state index in [-0.39, 0.29) is 11.0 Å². The Morgan fingerprint density at radius 2 is 1.37 bits per heavy atom. The van der Waals surface area contributed by atoms with Gasteiger partial charge in [-0.2, -0.15) is 5.26 Å². The number of nitrogens with zero attached hydrogens (tertiary/aromatic N) is 1. The van der Waals surface area contributed by atoms with Crippen molar-refractivity contribution in [3.63, 3.8) is 0 Å². The highest BCUT2D eigenvalue weighted by molar-refractivity contribution is 7.79. The van der Waals surface area contributed by atoms with Crippen molar-refractivity contribution in [2.24, 2.45) is 0 Å². The smallest absolute Gasteiger partial charge is 0.346 e. The fourth-order valence-corrected chi connectivity index (χ4v) is 8.73. The Bertz CT molecular complexity index is 1860. The molecular formula is C37H30NO2P. The number of carboxylic acids is 1. The van der Waals surface area contributed by atoms with Crippen molar-refractivity contribution in [1.29, 1.82) is 5.26 Å². The molecule has 1 aliphatic rings. The van der Waals surface area contributed by atoms with E-state index in [4.69, 9.17) is 0 Å². The van der Waals surface area contributed by atoms with Crippen LogP contribution in [0.4, 0.5) is 0 Å². The SMILES string of the molecule is CCC1(CC)c2cc(C=C(C#N)C(=O)O)ccc2-c2ccc(P(c3ccccc3)c3ccc4ccccc4c3)cc21. The molecule has 6 rings (SSSR count). The van der Waals surface area contributed by atoms with Gasteiger partial charge in [0.15, 0.2) is 0 Å². The molecule has 1 aliphatic carbocycles. The Morgan fingerprint density at radius 3 is 2.05 bits per heavy atom. The molecule has 0 spiro atoms. The van der Waals surface area contributed by atoms with E-state index in [1.165, 1.54) is 55.0 Å². The van der Waals surface area contributed by atoms with Gasteiger partial charge in [-0.1, -0.05) is 111 Å². The van der Waals surface area contributed by atoms with Gasteiger partial charge in [0.05, 0.1) is 0 Å². The first-order chi connectivity index (χ1) is 20.0. The molecule has 0 bridgehead atoms. The average Bonchev–Trinajstić information content (AvgIpc) is 3.29. The number of benzene rings is 5. The van der Waals surface area contributed by atoms with Gasteiger partial charge in [0.2, 0.25) is 0 Å². The van der Waals surface area contributed by atoms with Gasteiger partial charge in [0, 0.05) is 5.41 Å². The second kappa shape index (κ2) is 10.8. The van der Waals surface area contributed by atoms with E-state index in [2.05, 4.69) is 117 Å². The van der Waals surface area contributed by atoms with Gasteiger partial charge in [-0.25, -0.2) is 4.79 Å². The normalized spacial score (nSPS) is 14.2. The van der Waals surface area contributed by atoms with E-state index in [9.17, 15) is 15.2 Å². The first-order valence-corrected chi connectivity index (χ1v) is 15.3. The molecule has 1 N–H and O–H groups in total. The predicted octanol–water partition coefficient (Wildman–Crippen LogP) is 7.68. The minimum absolute atomic E-state index is 0.193. The number of aliphatic carboxylic acids is 1. The third kappa shape index (κ3) is 4.55. The summed E-state index contributed by atoms with van der Waals surface area (Å²) in [4.78, 5) is 11.5. The van der Waals surface area contributed by atoms with Crippen LogP contribution < -0.4 is 15.9 Å². The highest BCUT2D eigenvalue weighted by Gasteiger charge is 2.41. The van der Waals surface area contributed by atoms with E-state index in [0.29, 0.717) is 0 Å². The minimum atomic E-state index is -1.21. The molecular weight excluding hydrogens is 521 g/mol. The standard InChI is InChI=1S/C37H30NO2P/c1-3-37(4-2)34-21-25(20-28(24-38)36(39)40)14-18-32(34)33-19-17-31(23-35(33)37)41(29-12-6-5-7-13-29)30-16-15-26-10-8-9-11-27(26)22-30/h5-23H,3-4H2,1-2H3,(H,39,40). The Balaban J connectivity index is 1.52. The van der Waals surface area contributed by atoms with Gasteiger partial charge in [-0.05, 0) is 93.5 Å². The highest BCUT2D eigenvalue weighted by Crippen LogP contribution is 2.53. The van der Waals surface area contributed by atoms with Crippen molar-refractivity contribution in [3.8, 4) is 17.2 Å². The summed E-state index contributed by atoms with van der Waals surface area (Å²) in [5, 5.41) is 25.2. The van der Waals surface area contributed by atoms with Crippen molar-refractivity contribution in [2.75, 3.05) is 0 Å². The summed E-state index contributed by atoms with van der Waals surface area (Å²) in [6.07, 6.45) is 3.31. The third-order valence-corrected chi connectivity index (χ3v) is 10.9. The van der Waals surface area contributed by atoms with E-state index in [0.717, 1.165) is 18.4 Å². The Morgan fingerprint density at radius 1 is 0.756 bits per heavy atom. The van der Waals surface area contributed by atoms with Gasteiger partial charge in [0.25, 0.3) is 0 Å². The van der Waals surface area contributed by atoms with Crippen LogP contribution in [0.2, 0.25) is 0 Å². The number of fused-ring (bicyclic) bond motifs is 4. The summed E-state index contributed by atoms with van der Waals surface area (Å²) >= 11 is 0. The number of hydrogen-bond donors (Lipinski definition) is 1. The maximum absolute atomic E-state index is 11.5. The van der Waals surface area contributed by atoms with Gasteiger partial charge in [-0.15, -0.1) is 0 Å². The summed E-state index contributed by atoms with van der Waals surface area (Å²) in [7, 11) is -0.792. The summed E-state index contributed by atoms with van der Waals surface area (Å²) in [5.41, 5.74) is 5.26. The van der Waals surface area contributed by atoms with Crippen LogP contribution >= 0.6 is 7.92 Å². The molecule has 1 atom stereocenters. The van der Waals surface area contributed by atoms with Crippen LogP contribution in [0.1, 0.15) is 43.4 Å². The van der Waals surface area contributed by atoms with Crippen molar-refractivity contribution >= 4 is 46.7 Å². The topological polar surface area (TPSA) is 61.1 Å². The zero-order valence-corrected chi connectivity index (χ0v) is 24.0. The van der Waals surface area contributed by atoms with Crippen LogP contribution in [0.25, 0.3) is 28.0 Å². The molecule has 0 amide bonds. The molecule has 41 heavy (non-hydrogen) atoms. The van der Waals surface area contributed by atoms with E-state index >= 15 is 0 Å². The maximum atomic E-state index is 11.5. The number of carbonyl (C=O) groups is 1. The molecule has 0 heterocycles.